The highest BCUT2D eigenvalue weighted by molar-refractivity contribution is 6.16. The number of carbonyl (C=O) groups is 4. The first kappa shape index (κ1) is 35.5. The van der Waals surface area contributed by atoms with Crippen LogP contribution in [-0.2, 0) is 22.4 Å². The zero-order valence-corrected chi connectivity index (χ0v) is 30.7. The van der Waals surface area contributed by atoms with E-state index in [2.05, 4.69) is 15.3 Å². The lowest BCUT2D eigenvalue weighted by Crippen LogP contribution is -2.37. The molecule has 0 spiro atoms. The number of Topliss-reactive ketones (excluding diaryl/α,β-unsaturated/α-hetero) is 1. The van der Waals surface area contributed by atoms with Gasteiger partial charge in [0.25, 0.3) is 11.8 Å². The van der Waals surface area contributed by atoms with Gasteiger partial charge in [-0.25, -0.2) is 0 Å². The second-order valence-electron chi connectivity index (χ2n) is 13.8. The first-order valence-electron chi connectivity index (χ1n) is 18.2. The monoisotopic (exact) mass is 741 g/mol. The number of fused-ring (bicyclic) bond motifs is 8. The van der Waals surface area contributed by atoms with Gasteiger partial charge in [0.15, 0.2) is 23.0 Å². The van der Waals surface area contributed by atoms with Crippen LogP contribution in [0.1, 0.15) is 58.0 Å². The molecule has 3 amide bonds. The molecule has 0 radical (unpaired) electrons. The number of aliphatic imine (C=N–C) groups is 2. The van der Waals surface area contributed by atoms with Gasteiger partial charge < -0.3 is 29.1 Å². The van der Waals surface area contributed by atoms with E-state index in [0.717, 1.165) is 22.5 Å². The van der Waals surface area contributed by atoms with Gasteiger partial charge in [-0.15, -0.1) is 0 Å². The lowest BCUT2D eigenvalue weighted by atomic mass is 10.1. The summed E-state index contributed by atoms with van der Waals surface area (Å²) in [5, 5.41) is 2.84. The van der Waals surface area contributed by atoms with Crippen molar-refractivity contribution in [3.63, 3.8) is 0 Å². The second-order valence-corrected chi connectivity index (χ2v) is 13.8. The zero-order valence-electron chi connectivity index (χ0n) is 30.7. The molecule has 4 aliphatic rings. The lowest BCUT2D eigenvalue weighted by molar-refractivity contribution is -0.121. The Balaban J connectivity index is 0.912. The van der Waals surface area contributed by atoms with E-state index in [1.165, 1.54) is 21.1 Å². The summed E-state index contributed by atoms with van der Waals surface area (Å²) in [6.45, 7) is 2.03. The van der Waals surface area contributed by atoms with Gasteiger partial charge in [0.1, 0.15) is 5.78 Å². The number of nitrogens with zero attached hydrogens (tertiary/aromatic N) is 4. The number of ketones is 1. The molecule has 0 saturated carbocycles. The van der Waals surface area contributed by atoms with E-state index >= 15 is 0 Å². The fourth-order valence-electron chi connectivity index (χ4n) is 7.46. The minimum Gasteiger partial charge on any atom is -0.493 e. The number of benzene rings is 4. The Morgan fingerprint density at radius 3 is 1.85 bits per heavy atom. The third-order valence-corrected chi connectivity index (χ3v) is 10.1. The number of methoxy groups -OCH3 is 2. The maximum atomic E-state index is 14.0. The van der Waals surface area contributed by atoms with Crippen LogP contribution < -0.4 is 34.1 Å². The van der Waals surface area contributed by atoms with Crippen LogP contribution in [0, 0.1) is 0 Å². The summed E-state index contributed by atoms with van der Waals surface area (Å²) in [4.78, 5) is 64.1. The van der Waals surface area contributed by atoms with Gasteiger partial charge in [-0.05, 0) is 54.4 Å². The average molecular weight is 742 g/mol. The summed E-state index contributed by atoms with van der Waals surface area (Å²) in [6, 6.07) is 19.7. The number of rotatable bonds is 12. The van der Waals surface area contributed by atoms with E-state index in [4.69, 9.17) is 18.9 Å². The fraction of sp³-hybridized carbons (Fsp3) is 0.286. The Labute approximate surface area is 317 Å². The summed E-state index contributed by atoms with van der Waals surface area (Å²) in [5.41, 5.74) is 6.08. The SMILES string of the molecule is COc1cc2c(cc1OCCCOc1cc3c(cc1OC)C(=O)N1c4ccc(NC(=O)CCC(C)=O)cc4C[C@H]1C=N3)N=C[C@@H]1Cc3ccccc3N1C2=O. The van der Waals surface area contributed by atoms with Crippen LogP contribution in [0.25, 0.3) is 0 Å². The molecule has 4 heterocycles. The van der Waals surface area contributed by atoms with Crippen LogP contribution in [0.4, 0.5) is 28.4 Å². The molecule has 13 nitrogen and oxygen atoms in total. The number of hydrogen-bond donors (Lipinski definition) is 1. The van der Waals surface area contributed by atoms with Gasteiger partial charge in [-0.3, -0.25) is 34.2 Å². The molecule has 55 heavy (non-hydrogen) atoms. The van der Waals surface area contributed by atoms with Gasteiger partial charge in [0.05, 0.1) is 62.0 Å². The quantitative estimate of drug-likeness (QED) is 0.163. The lowest BCUT2D eigenvalue weighted by Gasteiger charge is -2.22. The van der Waals surface area contributed by atoms with E-state index in [0.29, 0.717) is 77.1 Å². The van der Waals surface area contributed by atoms with E-state index in [1.807, 2.05) is 42.6 Å². The molecule has 4 aromatic carbocycles. The van der Waals surface area contributed by atoms with Gasteiger partial charge >= 0.3 is 0 Å². The van der Waals surface area contributed by atoms with Crippen molar-refractivity contribution < 1.29 is 38.1 Å². The summed E-state index contributed by atoms with van der Waals surface area (Å²) in [7, 11) is 3.05. The van der Waals surface area contributed by atoms with Crippen molar-refractivity contribution >= 4 is 64.4 Å². The number of ether oxygens (including phenoxy) is 4. The summed E-state index contributed by atoms with van der Waals surface area (Å²) in [5.74, 6) is 1.10. The molecule has 2 atom stereocenters. The summed E-state index contributed by atoms with van der Waals surface area (Å²) in [6.07, 6.45) is 5.62. The van der Waals surface area contributed by atoms with E-state index in [1.54, 1.807) is 46.3 Å². The number of anilines is 3. The number of hydrogen-bond acceptors (Lipinski definition) is 10. The van der Waals surface area contributed by atoms with E-state index in [9.17, 15) is 19.2 Å². The molecular weight excluding hydrogens is 702 g/mol. The molecule has 0 aliphatic carbocycles. The Kier molecular flexibility index (Phi) is 9.51. The fourth-order valence-corrected chi connectivity index (χ4v) is 7.46. The normalized spacial score (nSPS) is 17.2. The van der Waals surface area contributed by atoms with Gasteiger partial charge in [-0.2, -0.15) is 0 Å². The van der Waals surface area contributed by atoms with Crippen molar-refractivity contribution in [2.24, 2.45) is 9.98 Å². The topological polar surface area (TPSA) is 148 Å². The Bertz CT molecular complexity index is 2300. The van der Waals surface area contributed by atoms with Crippen LogP contribution in [0.15, 0.2) is 76.7 Å². The molecule has 0 fully saturated rings. The highest BCUT2D eigenvalue weighted by Gasteiger charge is 2.38. The van der Waals surface area contributed by atoms with Crippen LogP contribution in [0.3, 0.4) is 0 Å². The van der Waals surface area contributed by atoms with Crippen molar-refractivity contribution in [1.82, 2.24) is 0 Å². The van der Waals surface area contributed by atoms with Crippen LogP contribution >= 0.6 is 0 Å². The summed E-state index contributed by atoms with van der Waals surface area (Å²) >= 11 is 0. The molecule has 0 unspecified atom stereocenters. The van der Waals surface area contributed by atoms with Crippen LogP contribution in [0.2, 0.25) is 0 Å². The molecule has 0 saturated heterocycles. The highest BCUT2D eigenvalue weighted by atomic mass is 16.5. The third-order valence-electron chi connectivity index (χ3n) is 10.1. The zero-order chi connectivity index (χ0) is 38.2. The number of amides is 3. The molecule has 13 heteroatoms. The van der Waals surface area contributed by atoms with Crippen molar-refractivity contribution in [2.75, 3.05) is 42.5 Å². The second kappa shape index (κ2) is 14.7. The van der Waals surface area contributed by atoms with E-state index < -0.39 is 0 Å². The van der Waals surface area contributed by atoms with Gasteiger partial charge in [0, 0.05) is 73.7 Å². The van der Waals surface area contributed by atoms with Crippen molar-refractivity contribution in [3.05, 3.63) is 89.0 Å². The molecule has 8 rings (SSSR count). The van der Waals surface area contributed by atoms with Crippen LogP contribution in [0.5, 0.6) is 23.0 Å². The maximum Gasteiger partial charge on any atom is 0.261 e. The number of para-hydroxylation sites is 1. The van der Waals surface area contributed by atoms with Crippen LogP contribution in [-0.4, -0.2) is 75.5 Å². The molecule has 4 aliphatic heterocycles. The molecular formula is C42H39N5O8. The predicted molar refractivity (Wildman–Crippen MR) is 208 cm³/mol. The Hall–Kier alpha value is -6.50. The number of nitrogens with one attached hydrogen (secondary N) is 1. The first-order valence-corrected chi connectivity index (χ1v) is 18.2. The van der Waals surface area contributed by atoms with E-state index in [-0.39, 0.29) is 55.0 Å². The maximum absolute atomic E-state index is 14.0. The molecule has 280 valence electrons. The Morgan fingerprint density at radius 1 is 0.709 bits per heavy atom. The Morgan fingerprint density at radius 2 is 1.27 bits per heavy atom. The minimum atomic E-state index is -0.311. The molecule has 0 bridgehead atoms. The van der Waals surface area contributed by atoms with Crippen molar-refractivity contribution in [1.29, 1.82) is 0 Å². The largest absolute Gasteiger partial charge is 0.493 e. The third kappa shape index (κ3) is 6.77. The minimum absolute atomic E-state index is 0.0431. The van der Waals surface area contributed by atoms with Crippen molar-refractivity contribution in [3.8, 4) is 23.0 Å². The standard InChI is InChI=1S/C42H39N5O8/c1-24(48)9-12-40(49)45-27-10-11-35-26(15-27)17-29-23-44-33-21-39(37(53-3)19-31(33)42(51)47(29)35)55-14-6-13-54-38-20-32-30(18-36(38)52-2)41(50)46-28(22-43-32)16-25-7-4-5-8-34(25)46/h4-5,7-8,10-11,15,18-23,28-29H,6,9,12-14,16-17H2,1-3H3,(H,45,49)/t28-,29-/m0/s1. The average Bonchev–Trinajstić information content (AvgIpc) is 3.67. The van der Waals surface area contributed by atoms with Gasteiger partial charge in [0.2, 0.25) is 5.91 Å². The first-order chi connectivity index (χ1) is 26.7. The smallest absolute Gasteiger partial charge is 0.261 e. The van der Waals surface area contributed by atoms with Gasteiger partial charge in [-0.1, -0.05) is 18.2 Å². The summed E-state index contributed by atoms with van der Waals surface area (Å²) < 4.78 is 23.5. The molecule has 4 aromatic rings. The van der Waals surface area contributed by atoms with Crippen molar-refractivity contribution in [2.45, 2.75) is 51.1 Å². The molecule has 0 aromatic heterocycles. The predicted octanol–water partition coefficient (Wildman–Crippen LogP) is 6.43. The molecule has 1 N–H and O–H groups in total. The number of carbonyl (C=O) groups excluding carboxylic acids is 4. The highest BCUT2D eigenvalue weighted by Crippen LogP contribution is 2.43.